The maximum absolute atomic E-state index is 13.6. The lowest BCUT2D eigenvalue weighted by molar-refractivity contribution is 0.621. The first-order valence-corrected chi connectivity index (χ1v) is 7.78. The smallest absolute Gasteiger partial charge is 0.138 e. The molecule has 4 heteroatoms. The Morgan fingerprint density at radius 1 is 1.20 bits per heavy atom. The van der Waals surface area contributed by atoms with Crippen molar-refractivity contribution in [1.82, 2.24) is 0 Å². The van der Waals surface area contributed by atoms with Crippen molar-refractivity contribution in [3.05, 3.63) is 51.3 Å². The van der Waals surface area contributed by atoms with Gasteiger partial charge in [0.2, 0.25) is 0 Å². The zero-order valence-corrected chi connectivity index (χ0v) is 13.6. The van der Waals surface area contributed by atoms with Crippen molar-refractivity contribution in [2.24, 2.45) is 0 Å². The molecule has 0 radical (unpaired) electrons. The second-order valence-corrected chi connectivity index (χ2v) is 5.94. The van der Waals surface area contributed by atoms with E-state index in [1.165, 1.54) is 24.5 Å². The van der Waals surface area contributed by atoms with Crippen molar-refractivity contribution in [1.29, 1.82) is 0 Å². The third-order valence-electron chi connectivity index (χ3n) is 3.14. The molecule has 0 amide bonds. The fourth-order valence-corrected chi connectivity index (χ4v) is 2.45. The number of halogens is 2. The third kappa shape index (κ3) is 3.85. The first-order valence-electron chi connectivity index (χ1n) is 6.70. The zero-order chi connectivity index (χ0) is 14.5. The van der Waals surface area contributed by atoms with Crippen LogP contribution in [0.3, 0.4) is 0 Å². The van der Waals surface area contributed by atoms with Gasteiger partial charge in [0.05, 0.1) is 14.9 Å². The summed E-state index contributed by atoms with van der Waals surface area (Å²) in [6.45, 7) is 2.18. The molecule has 2 nitrogen and oxygen atoms in total. The summed E-state index contributed by atoms with van der Waals surface area (Å²) in [6.07, 6.45) is 3.48. The summed E-state index contributed by atoms with van der Waals surface area (Å²) in [6, 6.07) is 11.3. The van der Waals surface area contributed by atoms with E-state index in [4.69, 9.17) is 5.73 Å². The van der Waals surface area contributed by atoms with Gasteiger partial charge >= 0.3 is 0 Å². The van der Waals surface area contributed by atoms with Crippen molar-refractivity contribution in [2.45, 2.75) is 26.2 Å². The van der Waals surface area contributed by atoms with Gasteiger partial charge in [-0.3, -0.25) is 0 Å². The number of nitrogens with two attached hydrogens (primary N) is 1. The Morgan fingerprint density at radius 2 is 1.90 bits per heavy atom. The number of benzene rings is 2. The van der Waals surface area contributed by atoms with Crippen LogP contribution in [0.25, 0.3) is 0 Å². The van der Waals surface area contributed by atoms with Crippen LogP contribution in [0, 0.1) is 9.39 Å². The second-order valence-electron chi connectivity index (χ2n) is 4.78. The van der Waals surface area contributed by atoms with Gasteiger partial charge in [-0.05, 0) is 59.2 Å². The van der Waals surface area contributed by atoms with E-state index in [9.17, 15) is 4.39 Å². The molecule has 20 heavy (non-hydrogen) atoms. The third-order valence-corrected chi connectivity index (χ3v) is 3.97. The SMILES string of the molecule is CCCCc1ccc(Nc2cc(F)c(I)cc2N)cc1. The van der Waals surface area contributed by atoms with Gasteiger partial charge in [0, 0.05) is 11.8 Å². The fourth-order valence-electron chi connectivity index (χ4n) is 1.96. The summed E-state index contributed by atoms with van der Waals surface area (Å²) in [7, 11) is 0. The van der Waals surface area contributed by atoms with Gasteiger partial charge in [0.1, 0.15) is 5.82 Å². The lowest BCUT2D eigenvalue weighted by atomic mass is 10.1. The summed E-state index contributed by atoms with van der Waals surface area (Å²) in [4.78, 5) is 0. The average Bonchev–Trinajstić information content (AvgIpc) is 2.44. The van der Waals surface area contributed by atoms with E-state index in [1.807, 2.05) is 34.7 Å². The Morgan fingerprint density at radius 3 is 2.55 bits per heavy atom. The van der Waals surface area contributed by atoms with Crippen LogP contribution in [0.4, 0.5) is 21.5 Å². The standard InChI is InChI=1S/C16H18FIN2/c1-2-3-4-11-5-7-12(8-6-11)20-16-9-13(17)14(18)10-15(16)19/h5-10,20H,2-4,19H2,1H3. The van der Waals surface area contributed by atoms with Gasteiger partial charge in [-0.25, -0.2) is 4.39 Å². The van der Waals surface area contributed by atoms with Crippen LogP contribution in [0.1, 0.15) is 25.3 Å². The molecule has 0 heterocycles. The van der Waals surface area contributed by atoms with Crippen LogP contribution in [0.15, 0.2) is 36.4 Å². The summed E-state index contributed by atoms with van der Waals surface area (Å²) >= 11 is 1.93. The molecule has 2 aromatic carbocycles. The molecule has 3 N–H and O–H groups in total. The van der Waals surface area contributed by atoms with Crippen molar-refractivity contribution >= 4 is 39.7 Å². The minimum Gasteiger partial charge on any atom is -0.397 e. The van der Waals surface area contributed by atoms with Crippen molar-refractivity contribution in [3.63, 3.8) is 0 Å². The van der Waals surface area contributed by atoms with E-state index in [0.29, 0.717) is 14.9 Å². The van der Waals surface area contributed by atoms with E-state index >= 15 is 0 Å². The van der Waals surface area contributed by atoms with Crippen LogP contribution in [-0.2, 0) is 6.42 Å². The van der Waals surface area contributed by atoms with Crippen LogP contribution in [0.5, 0.6) is 0 Å². The van der Waals surface area contributed by atoms with Crippen LogP contribution in [0.2, 0.25) is 0 Å². The average molecular weight is 384 g/mol. The number of hydrogen-bond acceptors (Lipinski definition) is 2. The van der Waals surface area contributed by atoms with Crippen molar-refractivity contribution < 1.29 is 4.39 Å². The maximum Gasteiger partial charge on any atom is 0.138 e. The molecule has 2 aromatic rings. The monoisotopic (exact) mass is 384 g/mol. The Kier molecular flexibility index (Phi) is 5.23. The highest BCUT2D eigenvalue weighted by Gasteiger charge is 2.06. The van der Waals surface area contributed by atoms with Crippen molar-refractivity contribution in [3.8, 4) is 0 Å². The summed E-state index contributed by atoms with van der Waals surface area (Å²) < 4.78 is 14.1. The van der Waals surface area contributed by atoms with E-state index in [2.05, 4.69) is 24.4 Å². The van der Waals surface area contributed by atoms with Crippen LogP contribution in [-0.4, -0.2) is 0 Å². The normalized spacial score (nSPS) is 10.6. The number of nitrogen functional groups attached to an aromatic ring is 1. The summed E-state index contributed by atoms with van der Waals surface area (Å²) in [5, 5.41) is 3.16. The van der Waals surface area contributed by atoms with Crippen LogP contribution >= 0.6 is 22.6 Å². The maximum atomic E-state index is 13.6. The molecule has 0 aliphatic rings. The lowest BCUT2D eigenvalue weighted by Crippen LogP contribution is -1.99. The molecule has 0 bridgehead atoms. The molecular formula is C16H18FIN2. The first kappa shape index (κ1) is 15.1. The largest absolute Gasteiger partial charge is 0.397 e. The molecule has 0 aliphatic heterocycles. The predicted molar refractivity (Wildman–Crippen MR) is 91.9 cm³/mol. The molecule has 0 unspecified atom stereocenters. The van der Waals surface area contributed by atoms with E-state index in [0.717, 1.165) is 12.1 Å². The van der Waals surface area contributed by atoms with Gasteiger partial charge in [-0.2, -0.15) is 0 Å². The number of anilines is 3. The topological polar surface area (TPSA) is 38.0 Å². The Labute approximate surface area is 132 Å². The summed E-state index contributed by atoms with van der Waals surface area (Å²) in [5.41, 5.74) is 9.28. The lowest BCUT2D eigenvalue weighted by Gasteiger charge is -2.11. The minimum atomic E-state index is -0.262. The van der Waals surface area contributed by atoms with Gasteiger partial charge in [-0.15, -0.1) is 0 Å². The molecular weight excluding hydrogens is 366 g/mol. The quantitative estimate of drug-likeness (QED) is 0.556. The van der Waals surface area contributed by atoms with E-state index in [-0.39, 0.29) is 5.82 Å². The molecule has 0 fully saturated rings. The molecule has 0 spiro atoms. The highest BCUT2D eigenvalue weighted by molar-refractivity contribution is 14.1. The fraction of sp³-hybridized carbons (Fsp3) is 0.250. The van der Waals surface area contributed by atoms with Gasteiger partial charge in [-0.1, -0.05) is 25.5 Å². The molecule has 0 aliphatic carbocycles. The number of unbranched alkanes of at least 4 members (excludes halogenated alkanes) is 1. The molecule has 2 rings (SSSR count). The first-order chi connectivity index (χ1) is 9.60. The molecule has 0 aromatic heterocycles. The molecule has 0 saturated carbocycles. The predicted octanol–water partition coefficient (Wildman–Crippen LogP) is 5.10. The van der Waals surface area contributed by atoms with Crippen molar-refractivity contribution in [2.75, 3.05) is 11.1 Å². The Bertz CT molecular complexity index is 582. The van der Waals surface area contributed by atoms with Gasteiger partial charge < -0.3 is 11.1 Å². The highest BCUT2D eigenvalue weighted by Crippen LogP contribution is 2.27. The molecule has 106 valence electrons. The minimum absolute atomic E-state index is 0.262. The van der Waals surface area contributed by atoms with E-state index in [1.54, 1.807) is 6.07 Å². The number of nitrogens with one attached hydrogen (secondary N) is 1. The summed E-state index contributed by atoms with van der Waals surface area (Å²) in [5.74, 6) is -0.262. The van der Waals surface area contributed by atoms with Gasteiger partial charge in [0.15, 0.2) is 0 Å². The Hall–Kier alpha value is -1.30. The Balaban J connectivity index is 2.12. The number of hydrogen-bond donors (Lipinski definition) is 2. The zero-order valence-electron chi connectivity index (χ0n) is 11.4. The number of aryl methyl sites for hydroxylation is 1. The highest BCUT2D eigenvalue weighted by atomic mass is 127. The second kappa shape index (κ2) is 6.92. The molecule has 0 saturated heterocycles. The van der Waals surface area contributed by atoms with Crippen LogP contribution < -0.4 is 11.1 Å². The number of rotatable bonds is 5. The molecule has 0 atom stereocenters. The van der Waals surface area contributed by atoms with E-state index < -0.39 is 0 Å². The van der Waals surface area contributed by atoms with Gasteiger partial charge in [0.25, 0.3) is 0 Å².